The molecule has 0 spiro atoms. The first-order valence-electron chi connectivity index (χ1n) is 7.96. The molecule has 2 aromatic carbocycles. The first kappa shape index (κ1) is 14.4. The molecule has 0 saturated heterocycles. The van der Waals surface area contributed by atoms with Crippen LogP contribution in [0.2, 0.25) is 0 Å². The van der Waals surface area contributed by atoms with Gasteiger partial charge in [0.1, 0.15) is 5.52 Å². The van der Waals surface area contributed by atoms with Gasteiger partial charge in [-0.1, -0.05) is 48.5 Å². The predicted molar refractivity (Wildman–Crippen MR) is 93.8 cm³/mol. The number of carbonyl (C=O) groups excluding carboxylic acids is 1. The Morgan fingerprint density at radius 1 is 0.833 bits per heavy atom. The predicted octanol–water partition coefficient (Wildman–Crippen LogP) is 3.78. The molecule has 4 rings (SSSR count). The van der Waals surface area contributed by atoms with E-state index in [1.165, 1.54) is 0 Å². The monoisotopic (exact) mass is 313 g/mol. The molecule has 0 fully saturated rings. The van der Waals surface area contributed by atoms with Gasteiger partial charge in [-0.25, -0.2) is 0 Å². The van der Waals surface area contributed by atoms with E-state index in [2.05, 4.69) is 22.6 Å². The number of aromatic nitrogens is 2. The second-order valence-electron chi connectivity index (χ2n) is 5.73. The van der Waals surface area contributed by atoms with Gasteiger partial charge < -0.3 is 4.40 Å². The lowest BCUT2D eigenvalue weighted by Gasteiger charge is -2.07. The lowest BCUT2D eigenvalue weighted by molar-refractivity contribution is -0.671. The van der Waals surface area contributed by atoms with E-state index in [4.69, 9.17) is 0 Å². The van der Waals surface area contributed by atoms with Crippen molar-refractivity contribution in [2.45, 2.75) is 6.54 Å². The molecule has 0 unspecified atom stereocenters. The molecule has 0 saturated carbocycles. The molecular weight excluding hydrogens is 296 g/mol. The third-order valence-corrected chi connectivity index (χ3v) is 4.17. The summed E-state index contributed by atoms with van der Waals surface area (Å²) < 4.78 is 4.10. The molecular formula is C21H17N2O+. The quantitative estimate of drug-likeness (QED) is 0.416. The van der Waals surface area contributed by atoms with Crippen LogP contribution in [-0.4, -0.2) is 10.2 Å². The molecule has 0 aliphatic carbocycles. The van der Waals surface area contributed by atoms with Crippen LogP contribution in [0.25, 0.3) is 16.8 Å². The van der Waals surface area contributed by atoms with Gasteiger partial charge in [-0.05, 0) is 24.3 Å². The highest BCUT2D eigenvalue weighted by molar-refractivity contribution is 5.95. The van der Waals surface area contributed by atoms with Crippen LogP contribution in [0, 0.1) is 0 Å². The van der Waals surface area contributed by atoms with Gasteiger partial charge in [-0.2, -0.15) is 4.57 Å². The minimum Gasteiger partial charge on any atom is -0.312 e. The Hall–Kier alpha value is -3.20. The van der Waals surface area contributed by atoms with E-state index in [0.717, 1.165) is 22.3 Å². The summed E-state index contributed by atoms with van der Waals surface area (Å²) in [6, 6.07) is 23.7. The number of carbonyl (C=O) groups is 1. The van der Waals surface area contributed by atoms with Crippen LogP contribution in [0.4, 0.5) is 0 Å². The summed E-state index contributed by atoms with van der Waals surface area (Å²) in [5, 5.41) is 0. The van der Waals surface area contributed by atoms with Gasteiger partial charge >= 0.3 is 0 Å². The van der Waals surface area contributed by atoms with E-state index in [9.17, 15) is 4.79 Å². The van der Waals surface area contributed by atoms with Crippen LogP contribution < -0.4 is 4.57 Å². The van der Waals surface area contributed by atoms with Crippen molar-refractivity contribution in [1.82, 2.24) is 4.40 Å². The molecule has 2 heterocycles. The second-order valence-corrected chi connectivity index (χ2v) is 5.73. The summed E-state index contributed by atoms with van der Waals surface area (Å²) in [4.78, 5) is 12.6. The van der Waals surface area contributed by atoms with Gasteiger partial charge in [-0.15, -0.1) is 0 Å². The van der Waals surface area contributed by atoms with E-state index in [0.29, 0.717) is 6.54 Å². The third kappa shape index (κ3) is 2.61. The topological polar surface area (TPSA) is 25.4 Å². The minimum atomic E-state index is 0.105. The van der Waals surface area contributed by atoms with Gasteiger partial charge in [0.25, 0.3) is 0 Å². The summed E-state index contributed by atoms with van der Waals surface area (Å²) in [5.74, 6) is 0.105. The largest absolute Gasteiger partial charge is 0.312 e. The minimum absolute atomic E-state index is 0.105. The Kier molecular flexibility index (Phi) is 3.67. The van der Waals surface area contributed by atoms with Crippen LogP contribution in [0.5, 0.6) is 0 Å². The highest BCUT2D eigenvalue weighted by Gasteiger charge is 2.21. The fourth-order valence-electron chi connectivity index (χ4n) is 3.01. The normalized spacial score (nSPS) is 10.8. The molecule has 3 nitrogen and oxygen atoms in total. The zero-order valence-corrected chi connectivity index (χ0v) is 13.2. The molecule has 0 radical (unpaired) electrons. The Bertz CT molecular complexity index is 988. The number of fused-ring (bicyclic) bond motifs is 1. The molecule has 0 bridgehead atoms. The fraction of sp³-hybridized carbons (Fsp3) is 0.0476. The van der Waals surface area contributed by atoms with Gasteiger partial charge in [0, 0.05) is 17.3 Å². The Morgan fingerprint density at radius 3 is 2.29 bits per heavy atom. The van der Waals surface area contributed by atoms with Gasteiger partial charge in [0.2, 0.25) is 18.0 Å². The fourth-order valence-corrected chi connectivity index (χ4v) is 3.01. The highest BCUT2D eigenvalue weighted by atomic mass is 16.1. The molecule has 0 N–H and O–H groups in total. The first-order valence-corrected chi connectivity index (χ1v) is 7.96. The van der Waals surface area contributed by atoms with Crippen LogP contribution in [0.3, 0.4) is 0 Å². The van der Waals surface area contributed by atoms with Crippen molar-refractivity contribution >= 4 is 11.3 Å². The van der Waals surface area contributed by atoms with Crippen LogP contribution in [0.15, 0.2) is 91.4 Å². The number of hydrogen-bond donors (Lipinski definition) is 0. The van der Waals surface area contributed by atoms with Gasteiger partial charge in [0.15, 0.2) is 6.20 Å². The molecule has 3 heteroatoms. The smallest absolute Gasteiger partial charge is 0.237 e. The summed E-state index contributed by atoms with van der Waals surface area (Å²) in [7, 11) is 0. The zero-order chi connectivity index (χ0) is 16.4. The SMILES string of the molecule is O=C(C[n+]1ccn2cccc2c1-c1ccccc1)c1ccccc1. The maximum atomic E-state index is 12.6. The van der Waals surface area contributed by atoms with E-state index in [1.54, 1.807) is 0 Å². The second kappa shape index (κ2) is 6.13. The van der Waals surface area contributed by atoms with Crippen LogP contribution in [0.1, 0.15) is 10.4 Å². The van der Waals surface area contributed by atoms with E-state index < -0.39 is 0 Å². The zero-order valence-electron chi connectivity index (χ0n) is 13.2. The van der Waals surface area contributed by atoms with E-state index in [-0.39, 0.29) is 5.78 Å². The molecule has 24 heavy (non-hydrogen) atoms. The third-order valence-electron chi connectivity index (χ3n) is 4.17. The summed E-state index contributed by atoms with van der Waals surface area (Å²) >= 11 is 0. The van der Waals surface area contributed by atoms with E-state index >= 15 is 0 Å². The number of hydrogen-bond acceptors (Lipinski definition) is 1. The number of ketones is 1. The van der Waals surface area contributed by atoms with Crippen molar-refractivity contribution < 1.29 is 9.36 Å². The highest BCUT2D eigenvalue weighted by Crippen LogP contribution is 2.21. The molecule has 116 valence electrons. The average molecular weight is 313 g/mol. The van der Waals surface area contributed by atoms with Crippen molar-refractivity contribution in [3.05, 3.63) is 97.0 Å². The maximum absolute atomic E-state index is 12.6. The van der Waals surface area contributed by atoms with Crippen molar-refractivity contribution in [3.8, 4) is 11.3 Å². The summed E-state index contributed by atoms with van der Waals surface area (Å²) in [6.45, 7) is 0.315. The number of rotatable bonds is 4. The van der Waals surface area contributed by atoms with Crippen LogP contribution >= 0.6 is 0 Å². The maximum Gasteiger partial charge on any atom is 0.237 e. The summed E-state index contributed by atoms with van der Waals surface area (Å²) in [6.07, 6.45) is 5.97. The Balaban J connectivity index is 1.82. The first-order chi connectivity index (χ1) is 11.8. The molecule has 2 aromatic heterocycles. The molecule has 0 atom stereocenters. The lowest BCUT2D eigenvalue weighted by Crippen LogP contribution is -2.40. The molecule has 0 aliphatic heterocycles. The average Bonchev–Trinajstić information content (AvgIpc) is 3.11. The number of nitrogens with zero attached hydrogens (tertiary/aromatic N) is 2. The van der Waals surface area contributed by atoms with Crippen molar-refractivity contribution in [1.29, 1.82) is 0 Å². The molecule has 0 amide bonds. The number of Topliss-reactive ketones (excluding diaryl/α,β-unsaturated/α-hetero) is 1. The van der Waals surface area contributed by atoms with Crippen LogP contribution in [-0.2, 0) is 6.54 Å². The molecule has 0 aliphatic rings. The lowest BCUT2D eigenvalue weighted by atomic mass is 10.1. The summed E-state index contributed by atoms with van der Waals surface area (Å²) in [5.41, 5.74) is 3.97. The van der Waals surface area contributed by atoms with Gasteiger partial charge in [0.05, 0.1) is 6.20 Å². The van der Waals surface area contributed by atoms with Gasteiger partial charge in [-0.3, -0.25) is 4.79 Å². The Labute approximate surface area is 140 Å². The van der Waals surface area contributed by atoms with Crippen molar-refractivity contribution in [2.24, 2.45) is 0 Å². The molecule has 4 aromatic rings. The Morgan fingerprint density at radius 2 is 1.54 bits per heavy atom. The van der Waals surface area contributed by atoms with Crippen molar-refractivity contribution in [3.63, 3.8) is 0 Å². The van der Waals surface area contributed by atoms with E-state index in [1.807, 2.05) is 77.8 Å². The standard InChI is InChI=1S/C21H17N2O/c24-20(17-8-3-1-4-9-17)16-23-15-14-22-13-7-12-19(22)21(23)18-10-5-2-6-11-18/h1-15H,16H2/q+1. The number of benzene rings is 2. The van der Waals surface area contributed by atoms with Crippen molar-refractivity contribution in [2.75, 3.05) is 0 Å².